The Morgan fingerprint density at radius 2 is 2.22 bits per heavy atom. The molecule has 0 aliphatic carbocycles. The standard InChI is InChI=1S/C13H16FN3O/c14-10-3-1-2-4-11(10)16-13(18)17-6-5-9-7-15-8-12(9)17/h1-4,9,12,15H,5-8H2,(H,16,18)/t9-,12+/m1/s1. The van der Waals surface area contributed by atoms with Gasteiger partial charge in [-0.2, -0.15) is 0 Å². The molecule has 0 saturated carbocycles. The molecule has 0 spiro atoms. The molecule has 18 heavy (non-hydrogen) atoms. The summed E-state index contributed by atoms with van der Waals surface area (Å²) >= 11 is 0. The second-order valence-electron chi connectivity index (χ2n) is 4.88. The lowest BCUT2D eigenvalue weighted by molar-refractivity contribution is 0.206. The fourth-order valence-corrected chi connectivity index (χ4v) is 2.85. The summed E-state index contributed by atoms with van der Waals surface area (Å²) in [6, 6.07) is 6.31. The summed E-state index contributed by atoms with van der Waals surface area (Å²) in [5.41, 5.74) is 0.247. The van der Waals surface area contributed by atoms with Crippen LogP contribution < -0.4 is 10.6 Å². The number of anilines is 1. The second kappa shape index (κ2) is 4.57. The largest absolute Gasteiger partial charge is 0.322 e. The zero-order chi connectivity index (χ0) is 12.5. The third-order valence-corrected chi connectivity index (χ3v) is 3.82. The van der Waals surface area contributed by atoms with E-state index in [-0.39, 0.29) is 17.8 Å². The number of halogens is 1. The Kier molecular flexibility index (Phi) is 2.91. The quantitative estimate of drug-likeness (QED) is 0.795. The summed E-state index contributed by atoms with van der Waals surface area (Å²) < 4.78 is 13.5. The van der Waals surface area contributed by atoms with Crippen LogP contribution in [0.2, 0.25) is 0 Å². The number of carbonyl (C=O) groups excluding carboxylic acids is 1. The molecule has 2 N–H and O–H groups in total. The third kappa shape index (κ3) is 1.95. The lowest BCUT2D eigenvalue weighted by atomic mass is 10.1. The van der Waals surface area contributed by atoms with Gasteiger partial charge in [0.2, 0.25) is 0 Å². The van der Waals surface area contributed by atoms with Crippen LogP contribution in [0.1, 0.15) is 6.42 Å². The number of nitrogens with zero attached hydrogens (tertiary/aromatic N) is 1. The fraction of sp³-hybridized carbons (Fsp3) is 0.462. The molecule has 1 aromatic rings. The monoisotopic (exact) mass is 249 g/mol. The van der Waals surface area contributed by atoms with Gasteiger partial charge in [-0.1, -0.05) is 12.1 Å². The molecule has 3 rings (SSSR count). The number of benzene rings is 1. The minimum absolute atomic E-state index is 0.198. The Hall–Kier alpha value is -1.62. The molecule has 2 heterocycles. The highest BCUT2D eigenvalue weighted by Crippen LogP contribution is 2.27. The van der Waals surface area contributed by atoms with E-state index in [9.17, 15) is 9.18 Å². The van der Waals surface area contributed by atoms with Crippen molar-refractivity contribution in [2.45, 2.75) is 12.5 Å². The van der Waals surface area contributed by atoms with Crippen LogP contribution in [-0.2, 0) is 0 Å². The molecule has 5 heteroatoms. The van der Waals surface area contributed by atoms with E-state index in [1.54, 1.807) is 18.2 Å². The van der Waals surface area contributed by atoms with Crippen LogP contribution in [0.25, 0.3) is 0 Å². The van der Waals surface area contributed by atoms with E-state index in [0.717, 1.165) is 26.1 Å². The molecule has 0 radical (unpaired) electrons. The molecular formula is C13H16FN3O. The normalized spacial score (nSPS) is 26.2. The van der Waals surface area contributed by atoms with Gasteiger partial charge in [0.1, 0.15) is 5.82 Å². The van der Waals surface area contributed by atoms with Crippen LogP contribution in [0.4, 0.5) is 14.9 Å². The number of likely N-dealkylation sites (tertiary alicyclic amines) is 1. The highest BCUT2D eigenvalue weighted by atomic mass is 19.1. The molecule has 2 amide bonds. The fourth-order valence-electron chi connectivity index (χ4n) is 2.85. The van der Waals surface area contributed by atoms with Gasteiger partial charge < -0.3 is 15.5 Å². The Morgan fingerprint density at radius 1 is 1.39 bits per heavy atom. The summed E-state index contributed by atoms with van der Waals surface area (Å²) in [4.78, 5) is 13.9. The average Bonchev–Trinajstić information content (AvgIpc) is 2.93. The van der Waals surface area contributed by atoms with Crippen molar-refractivity contribution in [2.24, 2.45) is 5.92 Å². The average molecular weight is 249 g/mol. The minimum atomic E-state index is -0.397. The molecule has 4 nitrogen and oxygen atoms in total. The third-order valence-electron chi connectivity index (χ3n) is 3.82. The van der Waals surface area contributed by atoms with Gasteiger partial charge in [-0.25, -0.2) is 9.18 Å². The zero-order valence-electron chi connectivity index (χ0n) is 10.0. The zero-order valence-corrected chi connectivity index (χ0v) is 10.0. The molecule has 2 aliphatic rings. The summed E-state index contributed by atoms with van der Waals surface area (Å²) in [6.07, 6.45) is 1.03. The van der Waals surface area contributed by atoms with Crippen molar-refractivity contribution in [3.05, 3.63) is 30.1 Å². The van der Waals surface area contributed by atoms with Crippen molar-refractivity contribution >= 4 is 11.7 Å². The molecule has 2 fully saturated rings. The topological polar surface area (TPSA) is 44.4 Å². The summed E-state index contributed by atoms with van der Waals surface area (Å²) in [6.45, 7) is 2.58. The van der Waals surface area contributed by atoms with Crippen LogP contribution in [0.5, 0.6) is 0 Å². The van der Waals surface area contributed by atoms with Crippen molar-refractivity contribution in [3.63, 3.8) is 0 Å². The summed E-state index contributed by atoms with van der Waals surface area (Å²) in [5, 5.41) is 5.94. The molecule has 96 valence electrons. The molecule has 2 atom stereocenters. The van der Waals surface area contributed by atoms with E-state index in [2.05, 4.69) is 10.6 Å². The van der Waals surface area contributed by atoms with E-state index < -0.39 is 5.82 Å². The summed E-state index contributed by atoms with van der Waals surface area (Å²) in [7, 11) is 0. The number of hydrogen-bond donors (Lipinski definition) is 2. The van der Waals surface area contributed by atoms with E-state index in [4.69, 9.17) is 0 Å². The number of hydrogen-bond acceptors (Lipinski definition) is 2. The Labute approximate surface area is 105 Å². The number of carbonyl (C=O) groups is 1. The molecule has 2 saturated heterocycles. The smallest absolute Gasteiger partial charge is 0.320 e. The van der Waals surface area contributed by atoms with Gasteiger partial charge >= 0.3 is 6.03 Å². The highest BCUT2D eigenvalue weighted by Gasteiger charge is 2.39. The maximum Gasteiger partial charge on any atom is 0.322 e. The van der Waals surface area contributed by atoms with Gasteiger partial charge in [0, 0.05) is 25.7 Å². The Morgan fingerprint density at radius 3 is 3.06 bits per heavy atom. The van der Waals surface area contributed by atoms with E-state index in [0.29, 0.717) is 5.92 Å². The van der Waals surface area contributed by atoms with Gasteiger partial charge in [0.25, 0.3) is 0 Å². The van der Waals surface area contributed by atoms with E-state index in [1.807, 2.05) is 4.90 Å². The van der Waals surface area contributed by atoms with Crippen molar-refractivity contribution in [1.29, 1.82) is 0 Å². The Balaban J connectivity index is 1.70. The van der Waals surface area contributed by atoms with Crippen LogP contribution >= 0.6 is 0 Å². The van der Waals surface area contributed by atoms with Gasteiger partial charge in [-0.3, -0.25) is 0 Å². The summed E-state index contributed by atoms with van der Waals surface area (Å²) in [5.74, 6) is 0.155. The number of fused-ring (bicyclic) bond motifs is 1. The molecule has 0 aromatic heterocycles. The first kappa shape index (κ1) is 11.5. The molecule has 2 aliphatic heterocycles. The van der Waals surface area contributed by atoms with Crippen LogP contribution in [0, 0.1) is 11.7 Å². The number of rotatable bonds is 1. The predicted molar refractivity (Wildman–Crippen MR) is 66.9 cm³/mol. The first-order valence-corrected chi connectivity index (χ1v) is 6.28. The van der Waals surface area contributed by atoms with Crippen molar-refractivity contribution in [2.75, 3.05) is 25.0 Å². The number of amides is 2. The number of nitrogens with one attached hydrogen (secondary N) is 2. The molecule has 0 bridgehead atoms. The first-order chi connectivity index (χ1) is 8.75. The lowest BCUT2D eigenvalue weighted by Crippen LogP contribution is -2.41. The molecule has 0 unspecified atom stereocenters. The maximum absolute atomic E-state index is 13.5. The molecular weight excluding hydrogens is 233 g/mol. The second-order valence-corrected chi connectivity index (χ2v) is 4.88. The number of urea groups is 1. The van der Waals surface area contributed by atoms with Gasteiger partial charge in [-0.05, 0) is 24.5 Å². The maximum atomic E-state index is 13.5. The SMILES string of the molecule is O=C(Nc1ccccc1F)N1CC[C@@H]2CNC[C@@H]21. The highest BCUT2D eigenvalue weighted by molar-refractivity contribution is 5.89. The first-order valence-electron chi connectivity index (χ1n) is 6.28. The lowest BCUT2D eigenvalue weighted by Gasteiger charge is -2.23. The molecule has 1 aromatic carbocycles. The van der Waals surface area contributed by atoms with Gasteiger partial charge in [-0.15, -0.1) is 0 Å². The van der Waals surface area contributed by atoms with E-state index >= 15 is 0 Å². The minimum Gasteiger partial charge on any atom is -0.320 e. The van der Waals surface area contributed by atoms with Crippen LogP contribution in [-0.4, -0.2) is 36.6 Å². The van der Waals surface area contributed by atoms with Crippen molar-refractivity contribution in [3.8, 4) is 0 Å². The van der Waals surface area contributed by atoms with Crippen molar-refractivity contribution < 1.29 is 9.18 Å². The van der Waals surface area contributed by atoms with E-state index in [1.165, 1.54) is 6.07 Å². The van der Waals surface area contributed by atoms with Crippen LogP contribution in [0.3, 0.4) is 0 Å². The van der Waals surface area contributed by atoms with Crippen LogP contribution in [0.15, 0.2) is 24.3 Å². The van der Waals surface area contributed by atoms with Gasteiger partial charge in [0.15, 0.2) is 0 Å². The van der Waals surface area contributed by atoms with Gasteiger partial charge in [0.05, 0.1) is 5.69 Å². The predicted octanol–water partition coefficient (Wildman–Crippen LogP) is 1.65. The number of para-hydroxylation sites is 1. The Bertz CT molecular complexity index is 465. The van der Waals surface area contributed by atoms with Crippen molar-refractivity contribution in [1.82, 2.24) is 10.2 Å².